The maximum Gasteiger partial charge on any atom is 0.317 e. The molecule has 1 saturated carbocycles. The highest BCUT2D eigenvalue weighted by atomic mass is 16.3. The number of rotatable bonds is 3. The summed E-state index contributed by atoms with van der Waals surface area (Å²) in [6.07, 6.45) is 7.75. The van der Waals surface area contributed by atoms with E-state index < -0.39 is 0 Å². The summed E-state index contributed by atoms with van der Waals surface area (Å²) in [6, 6.07) is 0.435. The molecule has 0 aromatic carbocycles. The lowest BCUT2D eigenvalue weighted by atomic mass is 9.84. The molecule has 4 atom stereocenters. The third kappa shape index (κ3) is 4.11. The standard InChI is InChI=1S/C16H30N2O2/c1-3-13-6-4-8-15(10-13)17-16(20)18-9-5-7-14(11-18)12(2)19/h12-15,19H,3-11H2,1-2H3,(H,17,20). The van der Waals surface area contributed by atoms with E-state index in [2.05, 4.69) is 12.2 Å². The molecule has 0 radical (unpaired) electrons. The molecule has 4 nitrogen and oxygen atoms in total. The number of likely N-dealkylation sites (tertiary alicyclic amines) is 1. The van der Waals surface area contributed by atoms with Crippen molar-refractivity contribution in [3.05, 3.63) is 0 Å². The van der Waals surface area contributed by atoms with Crippen molar-refractivity contribution < 1.29 is 9.90 Å². The summed E-state index contributed by atoms with van der Waals surface area (Å²) in [5.41, 5.74) is 0. The molecule has 4 unspecified atom stereocenters. The van der Waals surface area contributed by atoms with E-state index >= 15 is 0 Å². The monoisotopic (exact) mass is 282 g/mol. The first-order valence-electron chi connectivity index (χ1n) is 8.33. The zero-order chi connectivity index (χ0) is 14.5. The van der Waals surface area contributed by atoms with E-state index in [-0.39, 0.29) is 18.1 Å². The van der Waals surface area contributed by atoms with Crippen LogP contribution in [0.3, 0.4) is 0 Å². The second kappa shape index (κ2) is 7.30. The summed E-state index contributed by atoms with van der Waals surface area (Å²) in [7, 11) is 0. The number of amides is 2. The fourth-order valence-electron chi connectivity index (χ4n) is 3.65. The molecule has 2 rings (SSSR count). The Labute approximate surface area is 122 Å². The zero-order valence-corrected chi connectivity index (χ0v) is 13.0. The number of piperidine rings is 1. The fraction of sp³-hybridized carbons (Fsp3) is 0.938. The minimum absolute atomic E-state index is 0.0807. The highest BCUT2D eigenvalue weighted by Crippen LogP contribution is 2.27. The van der Waals surface area contributed by atoms with E-state index in [0.29, 0.717) is 12.6 Å². The smallest absolute Gasteiger partial charge is 0.317 e. The topological polar surface area (TPSA) is 52.6 Å². The molecule has 1 saturated heterocycles. The Morgan fingerprint density at radius 1 is 1.35 bits per heavy atom. The molecule has 1 aliphatic heterocycles. The van der Waals surface area contributed by atoms with Gasteiger partial charge in [-0.25, -0.2) is 4.79 Å². The Bertz CT molecular complexity index is 320. The van der Waals surface area contributed by atoms with Gasteiger partial charge in [-0.1, -0.05) is 26.2 Å². The van der Waals surface area contributed by atoms with E-state index in [4.69, 9.17) is 0 Å². The molecule has 1 aliphatic carbocycles. The van der Waals surface area contributed by atoms with Gasteiger partial charge in [0, 0.05) is 25.0 Å². The van der Waals surface area contributed by atoms with Crippen LogP contribution in [-0.2, 0) is 0 Å². The second-order valence-corrected chi connectivity index (χ2v) is 6.68. The first-order valence-corrected chi connectivity index (χ1v) is 8.33. The maximum absolute atomic E-state index is 12.4. The summed E-state index contributed by atoms with van der Waals surface area (Å²) in [4.78, 5) is 14.3. The number of hydrogen-bond acceptors (Lipinski definition) is 2. The van der Waals surface area contributed by atoms with E-state index in [9.17, 15) is 9.90 Å². The molecular formula is C16H30N2O2. The number of carbonyl (C=O) groups excluding carboxylic acids is 1. The number of nitrogens with one attached hydrogen (secondary N) is 1. The summed E-state index contributed by atoms with van der Waals surface area (Å²) >= 11 is 0. The number of hydrogen-bond donors (Lipinski definition) is 2. The molecule has 0 aromatic rings. The van der Waals surface area contributed by atoms with Crippen LogP contribution in [-0.4, -0.2) is 41.3 Å². The minimum Gasteiger partial charge on any atom is -0.393 e. The van der Waals surface area contributed by atoms with Gasteiger partial charge in [0.2, 0.25) is 0 Å². The quantitative estimate of drug-likeness (QED) is 0.836. The van der Waals surface area contributed by atoms with Gasteiger partial charge in [-0.3, -0.25) is 0 Å². The van der Waals surface area contributed by atoms with Crippen molar-refractivity contribution in [3.8, 4) is 0 Å². The number of carbonyl (C=O) groups is 1. The summed E-state index contributed by atoms with van der Waals surface area (Å²) in [5, 5.41) is 12.9. The highest BCUT2D eigenvalue weighted by Gasteiger charge is 2.28. The van der Waals surface area contributed by atoms with Gasteiger partial charge in [-0.2, -0.15) is 0 Å². The molecule has 1 heterocycles. The molecule has 0 bridgehead atoms. The molecule has 2 N–H and O–H groups in total. The van der Waals surface area contributed by atoms with Crippen LogP contribution in [0.25, 0.3) is 0 Å². The first-order chi connectivity index (χ1) is 9.60. The van der Waals surface area contributed by atoms with Crippen molar-refractivity contribution in [1.82, 2.24) is 10.2 Å². The van der Waals surface area contributed by atoms with Crippen LogP contribution in [0.4, 0.5) is 4.79 Å². The van der Waals surface area contributed by atoms with Crippen molar-refractivity contribution in [3.63, 3.8) is 0 Å². The Hall–Kier alpha value is -0.770. The minimum atomic E-state index is -0.315. The van der Waals surface area contributed by atoms with E-state index in [1.54, 1.807) is 0 Å². The normalized spacial score (nSPS) is 32.8. The largest absolute Gasteiger partial charge is 0.393 e. The predicted octanol–water partition coefficient (Wildman–Crippen LogP) is 2.76. The Morgan fingerprint density at radius 3 is 2.85 bits per heavy atom. The average molecular weight is 282 g/mol. The fourth-order valence-corrected chi connectivity index (χ4v) is 3.65. The van der Waals surface area contributed by atoms with Crippen molar-refractivity contribution >= 4 is 6.03 Å². The molecule has 2 amide bonds. The van der Waals surface area contributed by atoms with Gasteiger partial charge in [0.05, 0.1) is 6.10 Å². The van der Waals surface area contributed by atoms with E-state index in [1.165, 1.54) is 19.3 Å². The van der Waals surface area contributed by atoms with Gasteiger partial charge in [-0.15, -0.1) is 0 Å². The summed E-state index contributed by atoms with van der Waals surface area (Å²) < 4.78 is 0. The summed E-state index contributed by atoms with van der Waals surface area (Å²) in [5.74, 6) is 1.02. The zero-order valence-electron chi connectivity index (χ0n) is 13.0. The SMILES string of the molecule is CCC1CCCC(NC(=O)N2CCCC(C(C)O)C2)C1. The van der Waals surface area contributed by atoms with E-state index in [1.807, 2.05) is 11.8 Å². The highest BCUT2D eigenvalue weighted by molar-refractivity contribution is 5.74. The number of aliphatic hydroxyl groups excluding tert-OH is 1. The van der Waals surface area contributed by atoms with Gasteiger partial charge < -0.3 is 15.3 Å². The summed E-state index contributed by atoms with van der Waals surface area (Å²) in [6.45, 7) is 5.61. The lowest BCUT2D eigenvalue weighted by Gasteiger charge is -2.36. The van der Waals surface area contributed by atoms with Gasteiger partial charge in [-0.05, 0) is 38.5 Å². The molecule has 4 heteroatoms. The van der Waals surface area contributed by atoms with Crippen LogP contribution < -0.4 is 5.32 Å². The van der Waals surface area contributed by atoms with Crippen molar-refractivity contribution in [2.24, 2.45) is 11.8 Å². The number of urea groups is 1. The van der Waals surface area contributed by atoms with Crippen molar-refractivity contribution in [1.29, 1.82) is 0 Å². The first kappa shape index (κ1) is 15.6. The van der Waals surface area contributed by atoms with Crippen LogP contribution in [0.2, 0.25) is 0 Å². The second-order valence-electron chi connectivity index (χ2n) is 6.68. The van der Waals surface area contributed by atoms with Gasteiger partial charge in [0.25, 0.3) is 0 Å². The lowest BCUT2D eigenvalue weighted by Crippen LogP contribution is -2.50. The molecule has 0 aromatic heterocycles. The van der Waals surface area contributed by atoms with Crippen LogP contribution in [0.1, 0.15) is 58.8 Å². The third-order valence-corrected chi connectivity index (χ3v) is 5.12. The Kier molecular flexibility index (Phi) is 5.70. The number of aliphatic hydroxyl groups is 1. The van der Waals surface area contributed by atoms with Crippen molar-refractivity contribution in [2.45, 2.75) is 70.9 Å². The van der Waals surface area contributed by atoms with Crippen molar-refractivity contribution in [2.75, 3.05) is 13.1 Å². The molecule has 0 spiro atoms. The molecule has 20 heavy (non-hydrogen) atoms. The predicted molar refractivity (Wildman–Crippen MR) is 80.5 cm³/mol. The average Bonchev–Trinajstić information content (AvgIpc) is 2.47. The molecule has 2 fully saturated rings. The lowest BCUT2D eigenvalue weighted by molar-refractivity contribution is 0.0727. The van der Waals surface area contributed by atoms with Gasteiger partial charge in [0.15, 0.2) is 0 Å². The van der Waals surface area contributed by atoms with Gasteiger partial charge >= 0.3 is 6.03 Å². The third-order valence-electron chi connectivity index (χ3n) is 5.12. The van der Waals surface area contributed by atoms with Crippen LogP contribution in [0, 0.1) is 11.8 Å². The molecular weight excluding hydrogens is 252 g/mol. The Morgan fingerprint density at radius 2 is 2.15 bits per heavy atom. The van der Waals surface area contributed by atoms with E-state index in [0.717, 1.165) is 38.1 Å². The molecule has 2 aliphatic rings. The van der Waals surface area contributed by atoms with Gasteiger partial charge in [0.1, 0.15) is 0 Å². The van der Waals surface area contributed by atoms with Crippen LogP contribution in [0.15, 0.2) is 0 Å². The van der Waals surface area contributed by atoms with Crippen LogP contribution in [0.5, 0.6) is 0 Å². The van der Waals surface area contributed by atoms with Crippen LogP contribution >= 0.6 is 0 Å². The number of nitrogens with zero attached hydrogens (tertiary/aromatic N) is 1. The maximum atomic E-state index is 12.4. The molecule has 116 valence electrons. The Balaban J connectivity index is 1.81.